The molecule has 1 aliphatic rings. The molecular weight excluding hydrogens is 184 g/mol. The highest BCUT2D eigenvalue weighted by molar-refractivity contribution is 5.90. The topological polar surface area (TPSA) is 17.1 Å². The maximum Gasteiger partial charge on any atom is 0.155 e. The van der Waals surface area contributed by atoms with Gasteiger partial charge in [0.2, 0.25) is 0 Å². The van der Waals surface area contributed by atoms with Crippen molar-refractivity contribution in [2.24, 2.45) is 5.92 Å². The molecule has 0 radical (unpaired) electrons. The molecule has 0 N–H and O–H groups in total. The second kappa shape index (κ2) is 7.44. The van der Waals surface area contributed by atoms with Gasteiger partial charge in [0, 0.05) is 6.42 Å². The predicted molar refractivity (Wildman–Crippen MR) is 64.8 cm³/mol. The Balaban J connectivity index is 2.09. The van der Waals surface area contributed by atoms with Gasteiger partial charge in [-0.25, -0.2) is 0 Å². The molecule has 0 aliphatic heterocycles. The minimum absolute atomic E-state index is 0.290. The molecule has 1 atom stereocenters. The highest BCUT2D eigenvalue weighted by Gasteiger charge is 2.10. The number of hydrogen-bond acceptors (Lipinski definition) is 1. The molecule has 0 aromatic heterocycles. The summed E-state index contributed by atoms with van der Waals surface area (Å²) in [7, 11) is 0. The molecule has 1 rings (SSSR count). The molecule has 0 saturated heterocycles. The summed E-state index contributed by atoms with van der Waals surface area (Å²) in [6.45, 7) is 2.23. The van der Waals surface area contributed by atoms with Crippen molar-refractivity contribution in [2.45, 2.75) is 51.9 Å². The number of allylic oxidation sites excluding steroid dienone is 4. The van der Waals surface area contributed by atoms with Crippen molar-refractivity contribution in [2.75, 3.05) is 0 Å². The number of unbranched alkanes of at least 4 members (excludes halogenated alkanes) is 3. The fourth-order valence-corrected chi connectivity index (χ4v) is 1.85. The molecule has 0 saturated carbocycles. The third-order valence-electron chi connectivity index (χ3n) is 2.90. The van der Waals surface area contributed by atoms with Crippen LogP contribution in [-0.4, -0.2) is 5.78 Å². The molecule has 84 valence electrons. The van der Waals surface area contributed by atoms with Gasteiger partial charge in [0.05, 0.1) is 0 Å². The second-order valence-electron chi connectivity index (χ2n) is 4.33. The van der Waals surface area contributed by atoms with Crippen molar-refractivity contribution >= 4 is 5.78 Å². The number of hydrogen-bond donors (Lipinski definition) is 0. The second-order valence-corrected chi connectivity index (χ2v) is 4.33. The van der Waals surface area contributed by atoms with Crippen LogP contribution in [0.1, 0.15) is 51.9 Å². The Hall–Kier alpha value is -0.850. The average molecular weight is 206 g/mol. The van der Waals surface area contributed by atoms with Crippen LogP contribution in [0.5, 0.6) is 0 Å². The van der Waals surface area contributed by atoms with Crippen molar-refractivity contribution in [3.05, 3.63) is 24.3 Å². The van der Waals surface area contributed by atoms with Crippen molar-refractivity contribution in [1.29, 1.82) is 0 Å². The van der Waals surface area contributed by atoms with E-state index in [4.69, 9.17) is 0 Å². The van der Waals surface area contributed by atoms with Gasteiger partial charge in [0.15, 0.2) is 5.78 Å². The smallest absolute Gasteiger partial charge is 0.155 e. The third kappa shape index (κ3) is 5.56. The first-order valence-corrected chi connectivity index (χ1v) is 6.19. The van der Waals surface area contributed by atoms with Crippen LogP contribution in [-0.2, 0) is 4.79 Å². The molecule has 0 fully saturated rings. The van der Waals surface area contributed by atoms with Gasteiger partial charge < -0.3 is 0 Å². The van der Waals surface area contributed by atoms with Gasteiger partial charge in [-0.05, 0) is 37.7 Å². The molecular formula is C14H22O. The van der Waals surface area contributed by atoms with Crippen LogP contribution in [0.4, 0.5) is 0 Å². The Kier molecular flexibility index (Phi) is 6.06. The zero-order chi connectivity index (χ0) is 10.9. The van der Waals surface area contributed by atoms with Gasteiger partial charge in [0.1, 0.15) is 0 Å². The van der Waals surface area contributed by atoms with Gasteiger partial charge in [-0.2, -0.15) is 0 Å². The lowest BCUT2D eigenvalue weighted by atomic mass is 9.92. The zero-order valence-corrected chi connectivity index (χ0v) is 9.74. The van der Waals surface area contributed by atoms with Crippen LogP contribution >= 0.6 is 0 Å². The van der Waals surface area contributed by atoms with E-state index in [0.29, 0.717) is 5.92 Å². The maximum absolute atomic E-state index is 11.0. The van der Waals surface area contributed by atoms with Crippen molar-refractivity contribution < 1.29 is 4.79 Å². The molecule has 0 aromatic carbocycles. The Labute approximate surface area is 93.3 Å². The lowest BCUT2D eigenvalue weighted by Crippen LogP contribution is -2.06. The van der Waals surface area contributed by atoms with Crippen LogP contribution < -0.4 is 0 Å². The van der Waals surface area contributed by atoms with Crippen molar-refractivity contribution in [3.8, 4) is 0 Å². The average Bonchev–Trinajstić information content (AvgIpc) is 2.26. The van der Waals surface area contributed by atoms with E-state index < -0.39 is 0 Å². The minimum Gasteiger partial charge on any atom is -0.295 e. The maximum atomic E-state index is 11.0. The van der Waals surface area contributed by atoms with Gasteiger partial charge in [0.25, 0.3) is 0 Å². The van der Waals surface area contributed by atoms with Gasteiger partial charge in [-0.3, -0.25) is 4.79 Å². The fourth-order valence-electron chi connectivity index (χ4n) is 1.85. The highest BCUT2D eigenvalue weighted by atomic mass is 16.1. The number of ketones is 1. The zero-order valence-electron chi connectivity index (χ0n) is 9.74. The lowest BCUT2D eigenvalue weighted by molar-refractivity contribution is -0.115. The Bertz CT molecular complexity index is 238. The predicted octanol–water partition coefficient (Wildman–Crippen LogP) is 4.05. The van der Waals surface area contributed by atoms with Crippen LogP contribution in [0.25, 0.3) is 0 Å². The summed E-state index contributed by atoms with van der Waals surface area (Å²) in [5, 5.41) is 0. The molecule has 1 aliphatic carbocycles. The van der Waals surface area contributed by atoms with E-state index in [1.165, 1.54) is 25.7 Å². The van der Waals surface area contributed by atoms with E-state index in [1.54, 1.807) is 6.08 Å². The Morgan fingerprint density at radius 2 is 2.27 bits per heavy atom. The molecule has 0 amide bonds. The van der Waals surface area contributed by atoms with Crippen molar-refractivity contribution in [1.82, 2.24) is 0 Å². The molecule has 1 nitrogen and oxygen atoms in total. The van der Waals surface area contributed by atoms with Crippen LogP contribution in [0.3, 0.4) is 0 Å². The first-order chi connectivity index (χ1) is 7.33. The molecule has 1 heteroatoms. The highest BCUT2D eigenvalue weighted by Crippen LogP contribution is 2.18. The largest absolute Gasteiger partial charge is 0.295 e. The number of rotatable bonds is 6. The van der Waals surface area contributed by atoms with Crippen molar-refractivity contribution in [3.63, 3.8) is 0 Å². The third-order valence-corrected chi connectivity index (χ3v) is 2.90. The van der Waals surface area contributed by atoms with E-state index >= 15 is 0 Å². The molecule has 0 bridgehead atoms. The number of carbonyl (C=O) groups is 1. The van der Waals surface area contributed by atoms with Gasteiger partial charge in [-0.15, -0.1) is 0 Å². The van der Waals surface area contributed by atoms with Crippen LogP contribution in [0.2, 0.25) is 0 Å². The molecule has 0 heterocycles. The first kappa shape index (κ1) is 12.2. The monoisotopic (exact) mass is 206 g/mol. The Morgan fingerprint density at radius 3 is 2.93 bits per heavy atom. The van der Waals surface area contributed by atoms with E-state index in [-0.39, 0.29) is 5.78 Å². The molecule has 0 aromatic rings. The van der Waals surface area contributed by atoms with Crippen LogP contribution in [0, 0.1) is 5.92 Å². The summed E-state index contributed by atoms with van der Waals surface area (Å²) in [5.74, 6) is 0.892. The summed E-state index contributed by atoms with van der Waals surface area (Å²) >= 11 is 0. The van der Waals surface area contributed by atoms with E-state index in [9.17, 15) is 4.79 Å². The quantitative estimate of drug-likeness (QED) is 0.473. The molecule has 15 heavy (non-hydrogen) atoms. The lowest BCUT2D eigenvalue weighted by Gasteiger charge is -2.12. The summed E-state index contributed by atoms with van der Waals surface area (Å²) in [5.41, 5.74) is 0. The first-order valence-electron chi connectivity index (χ1n) is 6.19. The fraction of sp³-hybridized carbons (Fsp3) is 0.643. The summed E-state index contributed by atoms with van der Waals surface area (Å²) in [6, 6.07) is 0. The standard InChI is InChI=1S/C14H22O/c1-2-3-4-5-6-7-8-13-9-11-14(15)12-10-13/h6-7,9,11,13H,2-5,8,10,12H2,1H3/b7-6-/t13-/m1/s1. The summed E-state index contributed by atoms with van der Waals surface area (Å²) < 4.78 is 0. The van der Waals surface area contributed by atoms with E-state index in [2.05, 4.69) is 25.2 Å². The molecule has 0 unspecified atom stereocenters. The van der Waals surface area contributed by atoms with Gasteiger partial charge >= 0.3 is 0 Å². The van der Waals surface area contributed by atoms with Gasteiger partial charge in [-0.1, -0.05) is 38.0 Å². The van der Waals surface area contributed by atoms with E-state index in [0.717, 1.165) is 19.3 Å². The normalized spacial score (nSPS) is 21.4. The summed E-state index contributed by atoms with van der Waals surface area (Å²) in [6.07, 6.45) is 16.4. The summed E-state index contributed by atoms with van der Waals surface area (Å²) in [4.78, 5) is 11.0. The SMILES string of the molecule is CCCCC/C=C\C[C@@H]1C=CC(=O)CC1. The Morgan fingerprint density at radius 1 is 1.40 bits per heavy atom. The minimum atomic E-state index is 0.290. The van der Waals surface area contributed by atoms with E-state index in [1.807, 2.05) is 0 Å². The number of carbonyl (C=O) groups excluding carboxylic acids is 1. The van der Waals surface area contributed by atoms with Crippen LogP contribution in [0.15, 0.2) is 24.3 Å². The molecule has 0 spiro atoms.